The summed E-state index contributed by atoms with van der Waals surface area (Å²) in [4.78, 5) is 27.1. The van der Waals surface area contributed by atoms with Gasteiger partial charge in [0.2, 0.25) is 0 Å². The molecule has 177 valence electrons. The Labute approximate surface area is 200 Å². The van der Waals surface area contributed by atoms with Crippen molar-refractivity contribution in [3.05, 3.63) is 81.4 Å². The molecule has 34 heavy (non-hydrogen) atoms. The first-order chi connectivity index (χ1) is 16.2. The van der Waals surface area contributed by atoms with Gasteiger partial charge in [-0.25, -0.2) is 0 Å². The number of ketones is 1. The standard InChI is InChI=1S/C27H28O6P/c1-15-12-16(2)24(18(4)17(15)3)26(28)20-10-8-9-11-23(20)34(30)27(29)25-21(32-6)13-19(31-5)14-22(25)33-7/h8-14H,1-7H3. The quantitative estimate of drug-likeness (QED) is 0.315. The summed E-state index contributed by atoms with van der Waals surface area (Å²) in [6, 6.07) is 11.5. The molecule has 0 saturated carbocycles. The number of benzene rings is 3. The lowest BCUT2D eigenvalue weighted by Gasteiger charge is -2.16. The zero-order valence-electron chi connectivity index (χ0n) is 20.4. The summed E-state index contributed by atoms with van der Waals surface area (Å²) in [5.74, 6) is 0.513. The molecule has 0 spiro atoms. The van der Waals surface area contributed by atoms with E-state index in [0.29, 0.717) is 11.3 Å². The second kappa shape index (κ2) is 10.2. The highest BCUT2D eigenvalue weighted by Crippen LogP contribution is 2.40. The van der Waals surface area contributed by atoms with Crippen LogP contribution in [0.25, 0.3) is 0 Å². The molecule has 1 atom stereocenters. The number of rotatable bonds is 8. The van der Waals surface area contributed by atoms with E-state index in [0.717, 1.165) is 22.3 Å². The lowest BCUT2D eigenvalue weighted by molar-refractivity contribution is 0.103. The van der Waals surface area contributed by atoms with Crippen LogP contribution in [0.5, 0.6) is 17.2 Å². The molecule has 0 heterocycles. The molecule has 6 nitrogen and oxygen atoms in total. The fraction of sp³-hybridized carbons (Fsp3) is 0.259. The van der Waals surface area contributed by atoms with E-state index in [1.165, 1.54) is 33.5 Å². The Morgan fingerprint density at radius 1 is 0.735 bits per heavy atom. The van der Waals surface area contributed by atoms with Crippen molar-refractivity contribution in [2.75, 3.05) is 21.3 Å². The van der Waals surface area contributed by atoms with Crippen LogP contribution in [0.3, 0.4) is 0 Å². The van der Waals surface area contributed by atoms with Gasteiger partial charge in [0.05, 0.1) is 26.6 Å². The monoisotopic (exact) mass is 479 g/mol. The predicted octanol–water partition coefficient (Wildman–Crippen LogP) is 5.47. The topological polar surface area (TPSA) is 78.9 Å². The van der Waals surface area contributed by atoms with Crippen LogP contribution in [0.2, 0.25) is 0 Å². The first kappa shape index (κ1) is 25.1. The van der Waals surface area contributed by atoms with Crippen LogP contribution in [0.4, 0.5) is 0 Å². The van der Waals surface area contributed by atoms with Gasteiger partial charge >= 0.3 is 0 Å². The third kappa shape index (κ3) is 4.46. The van der Waals surface area contributed by atoms with E-state index in [-0.39, 0.29) is 33.7 Å². The summed E-state index contributed by atoms with van der Waals surface area (Å²) in [6.45, 7) is 7.76. The number of aryl methyl sites for hydroxylation is 2. The highest BCUT2D eigenvalue weighted by Gasteiger charge is 2.30. The fourth-order valence-electron chi connectivity index (χ4n) is 4.04. The Morgan fingerprint density at radius 3 is 1.88 bits per heavy atom. The molecule has 0 aliphatic rings. The summed E-state index contributed by atoms with van der Waals surface area (Å²) in [7, 11) is 1.63. The summed E-state index contributed by atoms with van der Waals surface area (Å²) in [5.41, 5.74) is 3.97. The predicted molar refractivity (Wildman–Crippen MR) is 133 cm³/mol. The van der Waals surface area contributed by atoms with E-state index < -0.39 is 13.3 Å². The van der Waals surface area contributed by atoms with Gasteiger partial charge in [-0.05, 0) is 62.1 Å². The third-order valence-corrected chi connectivity index (χ3v) is 7.48. The maximum atomic E-state index is 13.7. The minimum absolute atomic E-state index is 0.0349. The number of ether oxygens (including phenoxy) is 3. The van der Waals surface area contributed by atoms with Crippen molar-refractivity contribution in [2.24, 2.45) is 0 Å². The molecule has 3 aromatic rings. The largest absolute Gasteiger partial charge is 0.496 e. The van der Waals surface area contributed by atoms with Crippen molar-refractivity contribution in [1.29, 1.82) is 0 Å². The molecule has 0 fully saturated rings. The minimum Gasteiger partial charge on any atom is -0.496 e. The van der Waals surface area contributed by atoms with Crippen molar-refractivity contribution in [3.63, 3.8) is 0 Å². The first-order valence-corrected chi connectivity index (χ1v) is 11.9. The van der Waals surface area contributed by atoms with Crippen LogP contribution in [-0.2, 0) is 4.57 Å². The average Bonchev–Trinajstić information content (AvgIpc) is 2.85. The van der Waals surface area contributed by atoms with Crippen LogP contribution >= 0.6 is 7.80 Å². The molecule has 0 amide bonds. The molecule has 0 saturated heterocycles. The van der Waals surface area contributed by atoms with Crippen molar-refractivity contribution in [2.45, 2.75) is 27.7 Å². The number of carbonyl (C=O) groups excluding carboxylic acids is 2. The molecule has 1 unspecified atom stereocenters. The molecule has 3 aromatic carbocycles. The second-order valence-corrected chi connectivity index (χ2v) is 9.46. The second-order valence-electron chi connectivity index (χ2n) is 7.99. The average molecular weight is 479 g/mol. The van der Waals surface area contributed by atoms with Crippen LogP contribution in [0, 0.1) is 27.7 Å². The van der Waals surface area contributed by atoms with Crippen LogP contribution in [0.1, 0.15) is 48.5 Å². The summed E-state index contributed by atoms with van der Waals surface area (Å²) < 4.78 is 29.5. The van der Waals surface area contributed by atoms with E-state index in [4.69, 9.17) is 14.2 Å². The van der Waals surface area contributed by atoms with Crippen LogP contribution in [-0.4, -0.2) is 32.6 Å². The zero-order chi connectivity index (χ0) is 25.2. The fourth-order valence-corrected chi connectivity index (χ4v) is 5.30. The van der Waals surface area contributed by atoms with Gasteiger partial charge in [0.25, 0.3) is 5.52 Å². The lowest BCUT2D eigenvalue weighted by atomic mass is 9.89. The molecule has 0 aliphatic heterocycles. The van der Waals surface area contributed by atoms with Crippen LogP contribution < -0.4 is 19.5 Å². The Bertz CT molecular complexity index is 1280. The van der Waals surface area contributed by atoms with Gasteiger partial charge in [0.1, 0.15) is 22.8 Å². The number of carbonyl (C=O) groups is 2. The lowest BCUT2D eigenvalue weighted by Crippen LogP contribution is -2.18. The van der Waals surface area contributed by atoms with Crippen molar-refractivity contribution in [1.82, 2.24) is 0 Å². The SMILES string of the molecule is COc1cc(OC)c(C(=O)[P](=O)c2ccccc2C(=O)c2c(C)cc(C)c(C)c2C)c(OC)c1. The third-order valence-electron chi connectivity index (χ3n) is 6.06. The zero-order valence-corrected chi connectivity index (χ0v) is 21.3. The van der Waals surface area contributed by atoms with Crippen molar-refractivity contribution in [3.8, 4) is 17.2 Å². The molecule has 0 aliphatic carbocycles. The molecule has 7 heteroatoms. The maximum Gasteiger partial charge on any atom is 0.254 e. The molecule has 0 aromatic heterocycles. The number of hydrogen-bond donors (Lipinski definition) is 0. The van der Waals surface area contributed by atoms with Gasteiger partial charge < -0.3 is 14.2 Å². The smallest absolute Gasteiger partial charge is 0.254 e. The Balaban J connectivity index is 2.14. The van der Waals surface area contributed by atoms with E-state index in [1.807, 2.05) is 33.8 Å². The maximum absolute atomic E-state index is 13.7. The highest BCUT2D eigenvalue weighted by molar-refractivity contribution is 7.71. The molecule has 0 bridgehead atoms. The van der Waals surface area contributed by atoms with Gasteiger partial charge in [-0.3, -0.25) is 14.2 Å². The normalized spacial score (nSPS) is 11.1. The molecular weight excluding hydrogens is 451 g/mol. The van der Waals surface area contributed by atoms with Crippen molar-refractivity contribution < 1.29 is 28.4 Å². The molecular formula is C27H28O6P. The molecule has 0 N–H and O–H groups in total. The van der Waals surface area contributed by atoms with E-state index in [2.05, 4.69) is 0 Å². The van der Waals surface area contributed by atoms with E-state index >= 15 is 0 Å². The molecule has 3 rings (SSSR count). The van der Waals surface area contributed by atoms with Gasteiger partial charge in [0, 0.05) is 23.3 Å². The number of hydrogen-bond acceptors (Lipinski definition) is 6. The summed E-state index contributed by atoms with van der Waals surface area (Å²) >= 11 is 0. The van der Waals surface area contributed by atoms with Gasteiger partial charge in [-0.2, -0.15) is 0 Å². The number of methoxy groups -OCH3 is 3. The van der Waals surface area contributed by atoms with E-state index in [1.54, 1.807) is 24.3 Å². The Hall–Kier alpha value is -3.50. The minimum atomic E-state index is -2.66. The first-order valence-electron chi connectivity index (χ1n) is 10.7. The summed E-state index contributed by atoms with van der Waals surface area (Å²) in [6.07, 6.45) is 0. The summed E-state index contributed by atoms with van der Waals surface area (Å²) in [5, 5.41) is 0.171. The van der Waals surface area contributed by atoms with Gasteiger partial charge in [-0.1, -0.05) is 18.2 Å². The Morgan fingerprint density at radius 2 is 1.32 bits per heavy atom. The Kier molecular flexibility index (Phi) is 7.53. The van der Waals surface area contributed by atoms with E-state index in [9.17, 15) is 14.2 Å². The van der Waals surface area contributed by atoms with Crippen molar-refractivity contribution >= 4 is 24.4 Å². The van der Waals surface area contributed by atoms with Crippen LogP contribution in [0.15, 0.2) is 42.5 Å². The van der Waals surface area contributed by atoms with Gasteiger partial charge in [-0.15, -0.1) is 0 Å². The van der Waals surface area contributed by atoms with Gasteiger partial charge in [0.15, 0.2) is 13.6 Å². The molecule has 1 radical (unpaired) electrons. The highest BCUT2D eigenvalue weighted by atomic mass is 31.1.